The highest BCUT2D eigenvalue weighted by atomic mass is 35.5. The normalized spacial score (nSPS) is 11.3. The Balaban J connectivity index is 1.44. The zero-order chi connectivity index (χ0) is 19.9. The van der Waals surface area contributed by atoms with Gasteiger partial charge in [0.15, 0.2) is 0 Å². The van der Waals surface area contributed by atoms with Gasteiger partial charge in [0.1, 0.15) is 11.6 Å². The highest BCUT2D eigenvalue weighted by Gasteiger charge is 2.08. The molecule has 146 valence electrons. The van der Waals surface area contributed by atoms with Gasteiger partial charge in [-0.25, -0.2) is 4.98 Å². The number of ether oxygens (including phenoxy) is 1. The highest BCUT2D eigenvalue weighted by Crippen LogP contribution is 2.20. The van der Waals surface area contributed by atoms with Gasteiger partial charge in [-0.1, -0.05) is 60.1 Å². The molecule has 0 saturated carbocycles. The molecule has 4 heteroatoms. The largest absolute Gasteiger partial charge is 0.494 e. The molecule has 0 spiro atoms. The van der Waals surface area contributed by atoms with Crippen LogP contribution in [0.5, 0.6) is 5.75 Å². The molecule has 3 aromatic carbocycles. The fraction of sp³-hybridized carbons (Fsp3) is 0.160. The Kier molecular flexibility index (Phi) is 6.28. The molecule has 0 bridgehead atoms. The van der Waals surface area contributed by atoms with Gasteiger partial charge in [-0.15, -0.1) is 0 Å². The standard InChI is InChI=1S/C25H23ClN2O/c26-21-15-12-20(13-16-21)14-17-25-27-23-10-4-5-11-24(23)28(25)18-6-7-19-29-22-8-2-1-3-9-22/h1-5,8-17H,6-7,18-19H2. The van der Waals surface area contributed by atoms with Crippen LogP contribution in [0.25, 0.3) is 23.2 Å². The summed E-state index contributed by atoms with van der Waals surface area (Å²) in [6.07, 6.45) is 6.16. The first-order valence-corrected chi connectivity index (χ1v) is 10.2. The number of fused-ring (bicyclic) bond motifs is 1. The molecule has 0 fully saturated rings. The number of benzene rings is 3. The predicted octanol–water partition coefficient (Wildman–Crippen LogP) is 6.72. The molecule has 0 aliphatic heterocycles. The second-order valence-corrected chi connectivity index (χ2v) is 7.30. The van der Waals surface area contributed by atoms with Crippen LogP contribution >= 0.6 is 11.6 Å². The Bertz CT molecular complexity index is 1080. The number of aryl methyl sites for hydroxylation is 1. The Morgan fingerprint density at radius 1 is 0.828 bits per heavy atom. The number of nitrogens with zero attached hydrogens (tertiary/aromatic N) is 2. The van der Waals surface area contributed by atoms with Crippen LogP contribution in [0.1, 0.15) is 24.2 Å². The minimum Gasteiger partial charge on any atom is -0.494 e. The first-order chi connectivity index (χ1) is 14.3. The summed E-state index contributed by atoms with van der Waals surface area (Å²) < 4.78 is 8.09. The van der Waals surface area contributed by atoms with Crippen molar-refractivity contribution >= 4 is 34.8 Å². The number of unbranched alkanes of at least 4 members (excludes halogenated alkanes) is 1. The van der Waals surface area contributed by atoms with Gasteiger partial charge in [-0.05, 0) is 60.9 Å². The minimum absolute atomic E-state index is 0.715. The van der Waals surface area contributed by atoms with E-state index >= 15 is 0 Å². The summed E-state index contributed by atoms with van der Waals surface area (Å²) in [6, 6.07) is 26.0. The number of hydrogen-bond donors (Lipinski definition) is 0. The Morgan fingerprint density at radius 3 is 2.41 bits per heavy atom. The maximum Gasteiger partial charge on any atom is 0.133 e. The van der Waals surface area contributed by atoms with Crippen LogP contribution in [-0.2, 0) is 6.54 Å². The maximum absolute atomic E-state index is 5.98. The van der Waals surface area contributed by atoms with Gasteiger partial charge in [-0.2, -0.15) is 0 Å². The predicted molar refractivity (Wildman–Crippen MR) is 121 cm³/mol. The van der Waals surface area contributed by atoms with E-state index in [1.165, 1.54) is 0 Å². The van der Waals surface area contributed by atoms with Crippen molar-refractivity contribution in [3.05, 3.63) is 95.3 Å². The first-order valence-electron chi connectivity index (χ1n) is 9.86. The fourth-order valence-corrected chi connectivity index (χ4v) is 3.41. The molecule has 0 amide bonds. The molecule has 29 heavy (non-hydrogen) atoms. The molecule has 0 N–H and O–H groups in total. The zero-order valence-corrected chi connectivity index (χ0v) is 16.9. The number of para-hydroxylation sites is 3. The summed E-state index contributed by atoms with van der Waals surface area (Å²) >= 11 is 5.98. The van der Waals surface area contributed by atoms with E-state index in [1.807, 2.05) is 60.7 Å². The lowest BCUT2D eigenvalue weighted by Gasteiger charge is -2.09. The second kappa shape index (κ2) is 9.44. The van der Waals surface area contributed by atoms with Crippen molar-refractivity contribution < 1.29 is 4.74 Å². The van der Waals surface area contributed by atoms with Crippen LogP contribution in [0.3, 0.4) is 0 Å². The molecule has 0 saturated heterocycles. The van der Waals surface area contributed by atoms with Gasteiger partial charge in [-0.3, -0.25) is 0 Å². The third-order valence-corrected chi connectivity index (χ3v) is 5.02. The van der Waals surface area contributed by atoms with Crippen molar-refractivity contribution in [2.75, 3.05) is 6.61 Å². The van der Waals surface area contributed by atoms with Crippen molar-refractivity contribution in [2.24, 2.45) is 0 Å². The van der Waals surface area contributed by atoms with Crippen LogP contribution < -0.4 is 4.74 Å². The summed E-state index contributed by atoms with van der Waals surface area (Å²) in [7, 11) is 0. The van der Waals surface area contributed by atoms with E-state index in [2.05, 4.69) is 34.9 Å². The lowest BCUT2D eigenvalue weighted by atomic mass is 10.2. The molecule has 1 heterocycles. The van der Waals surface area contributed by atoms with E-state index in [0.29, 0.717) is 6.61 Å². The van der Waals surface area contributed by atoms with Gasteiger partial charge in [0.25, 0.3) is 0 Å². The Hall–Kier alpha value is -3.04. The molecular formula is C25H23ClN2O. The Labute approximate surface area is 176 Å². The van der Waals surface area contributed by atoms with Gasteiger partial charge < -0.3 is 9.30 Å². The Morgan fingerprint density at radius 2 is 1.59 bits per heavy atom. The number of hydrogen-bond acceptors (Lipinski definition) is 2. The van der Waals surface area contributed by atoms with Gasteiger partial charge in [0, 0.05) is 11.6 Å². The SMILES string of the molecule is Clc1ccc(C=Cc2nc3ccccc3n2CCCCOc2ccccc2)cc1. The second-order valence-electron chi connectivity index (χ2n) is 6.86. The quantitative estimate of drug-likeness (QED) is 0.306. The molecule has 0 atom stereocenters. The van der Waals surface area contributed by atoms with Crippen molar-refractivity contribution in [1.29, 1.82) is 0 Å². The summed E-state index contributed by atoms with van der Waals surface area (Å²) in [5.74, 6) is 1.89. The summed E-state index contributed by atoms with van der Waals surface area (Å²) in [4.78, 5) is 4.81. The van der Waals surface area contributed by atoms with Crippen LogP contribution in [-0.4, -0.2) is 16.2 Å². The fourth-order valence-electron chi connectivity index (χ4n) is 3.28. The minimum atomic E-state index is 0.715. The lowest BCUT2D eigenvalue weighted by Crippen LogP contribution is -2.04. The van der Waals surface area contributed by atoms with E-state index in [4.69, 9.17) is 21.3 Å². The van der Waals surface area contributed by atoms with Gasteiger partial charge >= 0.3 is 0 Å². The number of rotatable bonds is 8. The van der Waals surface area contributed by atoms with Gasteiger partial charge in [0.05, 0.1) is 17.6 Å². The molecule has 0 radical (unpaired) electrons. The van der Waals surface area contributed by atoms with Gasteiger partial charge in [0.2, 0.25) is 0 Å². The smallest absolute Gasteiger partial charge is 0.133 e. The first kappa shape index (κ1) is 19.3. The van der Waals surface area contributed by atoms with E-state index in [-0.39, 0.29) is 0 Å². The number of aromatic nitrogens is 2. The van der Waals surface area contributed by atoms with E-state index in [9.17, 15) is 0 Å². The molecule has 0 aliphatic carbocycles. The number of imidazole rings is 1. The van der Waals surface area contributed by atoms with Crippen LogP contribution in [0.15, 0.2) is 78.9 Å². The summed E-state index contributed by atoms with van der Waals surface area (Å²) in [5.41, 5.74) is 3.28. The average Bonchev–Trinajstić information content (AvgIpc) is 3.11. The lowest BCUT2D eigenvalue weighted by molar-refractivity contribution is 0.303. The molecule has 3 nitrogen and oxygen atoms in total. The van der Waals surface area contributed by atoms with Crippen LogP contribution in [0.2, 0.25) is 5.02 Å². The molecule has 0 unspecified atom stereocenters. The number of halogens is 1. The molecule has 4 aromatic rings. The third-order valence-electron chi connectivity index (χ3n) is 4.77. The van der Waals surface area contributed by atoms with Crippen LogP contribution in [0, 0.1) is 0 Å². The average molecular weight is 403 g/mol. The van der Waals surface area contributed by atoms with E-state index in [0.717, 1.165) is 52.6 Å². The van der Waals surface area contributed by atoms with Crippen molar-refractivity contribution in [3.8, 4) is 5.75 Å². The van der Waals surface area contributed by atoms with Crippen molar-refractivity contribution in [1.82, 2.24) is 9.55 Å². The van der Waals surface area contributed by atoms with Crippen LogP contribution in [0.4, 0.5) is 0 Å². The van der Waals surface area contributed by atoms with E-state index < -0.39 is 0 Å². The summed E-state index contributed by atoms with van der Waals surface area (Å²) in [6.45, 7) is 1.62. The van der Waals surface area contributed by atoms with Crippen molar-refractivity contribution in [3.63, 3.8) is 0 Å². The van der Waals surface area contributed by atoms with E-state index in [1.54, 1.807) is 0 Å². The highest BCUT2D eigenvalue weighted by molar-refractivity contribution is 6.30. The maximum atomic E-state index is 5.98. The molecule has 4 rings (SSSR count). The topological polar surface area (TPSA) is 27.1 Å². The molecule has 1 aromatic heterocycles. The summed E-state index contributed by atoms with van der Waals surface area (Å²) in [5, 5.41) is 0.743. The zero-order valence-electron chi connectivity index (χ0n) is 16.2. The molecular weight excluding hydrogens is 380 g/mol. The van der Waals surface area contributed by atoms with Crippen molar-refractivity contribution in [2.45, 2.75) is 19.4 Å². The molecule has 0 aliphatic rings. The monoisotopic (exact) mass is 402 g/mol. The third kappa shape index (κ3) is 5.07.